The summed E-state index contributed by atoms with van der Waals surface area (Å²) in [5, 5.41) is 4.30. The zero-order valence-electron chi connectivity index (χ0n) is 11.6. The van der Waals surface area contributed by atoms with Crippen molar-refractivity contribution in [2.45, 2.75) is 13.3 Å². The number of aromatic amines is 1. The van der Waals surface area contributed by atoms with Gasteiger partial charge in [0.2, 0.25) is 0 Å². The highest BCUT2D eigenvalue weighted by atomic mass is 16.5. The van der Waals surface area contributed by atoms with Crippen molar-refractivity contribution in [3.63, 3.8) is 0 Å². The minimum atomic E-state index is -0.211. The summed E-state index contributed by atoms with van der Waals surface area (Å²) < 4.78 is 5.31. The van der Waals surface area contributed by atoms with Crippen LogP contribution in [0.25, 0.3) is 10.9 Å². The van der Waals surface area contributed by atoms with E-state index in [4.69, 9.17) is 4.74 Å². The fraction of sp³-hybridized carbons (Fsp3) is 0.400. The van der Waals surface area contributed by atoms with E-state index in [0.29, 0.717) is 12.2 Å². The molecule has 1 fully saturated rings. The summed E-state index contributed by atoms with van der Waals surface area (Å²) in [4.78, 5) is 16.9. The van der Waals surface area contributed by atoms with Gasteiger partial charge in [-0.25, -0.2) is 0 Å². The van der Waals surface area contributed by atoms with Crippen LogP contribution in [0.5, 0.6) is 5.75 Å². The number of aromatic nitrogens is 1. The van der Waals surface area contributed by atoms with Crippen LogP contribution in [0.15, 0.2) is 24.4 Å². The van der Waals surface area contributed by atoms with Gasteiger partial charge in [0.25, 0.3) is 0 Å². The van der Waals surface area contributed by atoms with Gasteiger partial charge in [-0.1, -0.05) is 6.92 Å². The summed E-state index contributed by atoms with van der Waals surface area (Å²) in [5.74, 6) is 0.399. The molecule has 0 saturated carbocycles. The molecule has 0 atom stereocenters. The molecule has 1 saturated heterocycles. The molecular formula is C15H19N3O2. The predicted octanol–water partition coefficient (Wildman–Crippen LogP) is 1.89. The van der Waals surface area contributed by atoms with E-state index >= 15 is 0 Å². The van der Waals surface area contributed by atoms with E-state index in [1.165, 1.54) is 5.69 Å². The third-order valence-electron chi connectivity index (χ3n) is 3.62. The molecule has 1 aliphatic rings. The lowest BCUT2D eigenvalue weighted by Gasteiger charge is -2.29. The van der Waals surface area contributed by atoms with Crippen molar-refractivity contribution in [1.82, 2.24) is 10.3 Å². The Kier molecular flexibility index (Phi) is 3.60. The van der Waals surface area contributed by atoms with Gasteiger partial charge in [-0.2, -0.15) is 0 Å². The summed E-state index contributed by atoms with van der Waals surface area (Å²) in [6, 6.07) is 6.22. The topological polar surface area (TPSA) is 57.4 Å². The van der Waals surface area contributed by atoms with Crippen LogP contribution in [0.4, 0.5) is 5.69 Å². The summed E-state index contributed by atoms with van der Waals surface area (Å²) in [5.41, 5.74) is 2.20. The van der Waals surface area contributed by atoms with Gasteiger partial charge in [-0.3, -0.25) is 4.79 Å². The number of carbonyl (C=O) groups is 1. The maximum atomic E-state index is 11.4. The third-order valence-corrected chi connectivity index (χ3v) is 3.62. The van der Waals surface area contributed by atoms with Crippen LogP contribution in [0.3, 0.4) is 0 Å². The molecule has 3 rings (SSSR count). The van der Waals surface area contributed by atoms with Gasteiger partial charge in [-0.15, -0.1) is 0 Å². The summed E-state index contributed by atoms with van der Waals surface area (Å²) in [6.45, 7) is 5.86. The van der Waals surface area contributed by atoms with Gasteiger partial charge in [-0.05, 0) is 18.2 Å². The van der Waals surface area contributed by atoms with Crippen LogP contribution in [0.2, 0.25) is 0 Å². The summed E-state index contributed by atoms with van der Waals surface area (Å²) in [6.07, 6.45) is 2.13. The van der Waals surface area contributed by atoms with E-state index in [-0.39, 0.29) is 5.97 Å². The van der Waals surface area contributed by atoms with Gasteiger partial charge in [0, 0.05) is 49.9 Å². The number of piperazine rings is 1. The molecule has 5 nitrogen and oxygen atoms in total. The standard InChI is InChI=1S/C15H19N3O2/c1-2-15(19)20-14-10-17-13-9-11(3-4-12(13)14)18-7-5-16-6-8-18/h3-4,9-10,16-17H,2,5-8H2,1H3. The smallest absolute Gasteiger partial charge is 0.310 e. The van der Waals surface area contributed by atoms with E-state index in [1.54, 1.807) is 13.1 Å². The van der Waals surface area contributed by atoms with E-state index in [0.717, 1.165) is 37.1 Å². The fourth-order valence-electron chi connectivity index (χ4n) is 2.49. The molecule has 1 aliphatic heterocycles. The quantitative estimate of drug-likeness (QED) is 0.839. The number of nitrogens with one attached hydrogen (secondary N) is 2. The van der Waals surface area contributed by atoms with Gasteiger partial charge in [0.1, 0.15) is 0 Å². The van der Waals surface area contributed by atoms with Crippen LogP contribution in [-0.4, -0.2) is 37.1 Å². The molecule has 0 bridgehead atoms. The van der Waals surface area contributed by atoms with Crippen molar-refractivity contribution in [3.05, 3.63) is 24.4 Å². The predicted molar refractivity (Wildman–Crippen MR) is 79.3 cm³/mol. The molecule has 5 heteroatoms. The van der Waals surface area contributed by atoms with Gasteiger partial charge >= 0.3 is 5.97 Å². The van der Waals surface area contributed by atoms with Gasteiger partial charge in [0.05, 0.1) is 5.52 Å². The molecule has 20 heavy (non-hydrogen) atoms. The van der Waals surface area contributed by atoms with Crippen LogP contribution >= 0.6 is 0 Å². The lowest BCUT2D eigenvalue weighted by Crippen LogP contribution is -2.43. The molecule has 1 aromatic carbocycles. The number of hydrogen-bond donors (Lipinski definition) is 2. The average Bonchev–Trinajstić information content (AvgIpc) is 2.90. The molecular weight excluding hydrogens is 254 g/mol. The van der Waals surface area contributed by atoms with Crippen LogP contribution in [0, 0.1) is 0 Å². The van der Waals surface area contributed by atoms with Crippen molar-refractivity contribution in [2.24, 2.45) is 0 Å². The first-order valence-electron chi connectivity index (χ1n) is 7.05. The lowest BCUT2D eigenvalue weighted by atomic mass is 10.2. The Balaban J connectivity index is 1.87. The molecule has 0 aliphatic carbocycles. The Labute approximate surface area is 117 Å². The highest BCUT2D eigenvalue weighted by Crippen LogP contribution is 2.29. The number of ether oxygens (including phenoxy) is 1. The van der Waals surface area contributed by atoms with Crippen LogP contribution in [0.1, 0.15) is 13.3 Å². The second-order valence-corrected chi connectivity index (χ2v) is 4.95. The molecule has 0 radical (unpaired) electrons. The zero-order chi connectivity index (χ0) is 13.9. The van der Waals surface area contributed by atoms with Gasteiger partial charge < -0.3 is 19.9 Å². The first kappa shape index (κ1) is 13.0. The van der Waals surface area contributed by atoms with Crippen molar-refractivity contribution >= 4 is 22.6 Å². The highest BCUT2D eigenvalue weighted by Gasteiger charge is 2.13. The molecule has 0 spiro atoms. The Hall–Kier alpha value is -2.01. The molecule has 106 valence electrons. The Bertz CT molecular complexity index is 615. The largest absolute Gasteiger partial charge is 0.424 e. The van der Waals surface area contributed by atoms with Gasteiger partial charge in [0.15, 0.2) is 5.75 Å². The average molecular weight is 273 g/mol. The lowest BCUT2D eigenvalue weighted by molar-refractivity contribution is -0.133. The van der Waals surface area contributed by atoms with E-state index in [1.807, 2.05) is 6.07 Å². The monoisotopic (exact) mass is 273 g/mol. The number of anilines is 1. The molecule has 0 amide bonds. The van der Waals surface area contributed by atoms with E-state index < -0.39 is 0 Å². The number of H-pyrrole nitrogens is 1. The van der Waals surface area contributed by atoms with E-state index in [9.17, 15) is 4.79 Å². The number of nitrogens with zero attached hydrogens (tertiary/aromatic N) is 1. The van der Waals surface area contributed by atoms with Crippen molar-refractivity contribution in [1.29, 1.82) is 0 Å². The molecule has 0 unspecified atom stereocenters. The highest BCUT2D eigenvalue weighted by molar-refractivity contribution is 5.90. The zero-order valence-corrected chi connectivity index (χ0v) is 11.6. The van der Waals surface area contributed by atoms with E-state index in [2.05, 4.69) is 27.3 Å². The Morgan fingerprint density at radius 3 is 2.90 bits per heavy atom. The second kappa shape index (κ2) is 5.54. The normalized spacial score (nSPS) is 15.6. The number of hydrogen-bond acceptors (Lipinski definition) is 4. The molecule has 2 N–H and O–H groups in total. The Morgan fingerprint density at radius 2 is 2.15 bits per heavy atom. The second-order valence-electron chi connectivity index (χ2n) is 4.95. The summed E-state index contributed by atoms with van der Waals surface area (Å²) >= 11 is 0. The number of esters is 1. The Morgan fingerprint density at radius 1 is 1.35 bits per heavy atom. The van der Waals surface area contributed by atoms with Crippen molar-refractivity contribution < 1.29 is 9.53 Å². The maximum Gasteiger partial charge on any atom is 0.310 e. The number of fused-ring (bicyclic) bond motifs is 1. The third kappa shape index (κ3) is 2.49. The number of carbonyl (C=O) groups excluding carboxylic acids is 1. The fourth-order valence-corrected chi connectivity index (χ4v) is 2.49. The minimum Gasteiger partial charge on any atom is -0.424 e. The SMILES string of the molecule is CCC(=O)Oc1c[nH]c2cc(N3CCNCC3)ccc12. The molecule has 1 aromatic heterocycles. The van der Waals surface area contributed by atoms with Crippen molar-refractivity contribution in [2.75, 3.05) is 31.1 Å². The first-order valence-corrected chi connectivity index (χ1v) is 7.05. The molecule has 2 aromatic rings. The molecule has 2 heterocycles. The van der Waals surface area contributed by atoms with Crippen LogP contribution < -0.4 is 15.0 Å². The number of benzene rings is 1. The van der Waals surface area contributed by atoms with Crippen molar-refractivity contribution in [3.8, 4) is 5.75 Å². The minimum absolute atomic E-state index is 0.211. The first-order chi connectivity index (χ1) is 9.78. The summed E-state index contributed by atoms with van der Waals surface area (Å²) in [7, 11) is 0. The van der Waals surface area contributed by atoms with Crippen LogP contribution in [-0.2, 0) is 4.79 Å². The number of rotatable bonds is 3. The maximum absolute atomic E-state index is 11.4.